The van der Waals surface area contributed by atoms with Gasteiger partial charge in [-0.15, -0.1) is 0 Å². The van der Waals surface area contributed by atoms with Crippen molar-refractivity contribution < 1.29 is 18.1 Å². The molecule has 1 aliphatic carbocycles. The van der Waals surface area contributed by atoms with Crippen LogP contribution in [0.3, 0.4) is 0 Å². The number of sulfonamides is 1. The van der Waals surface area contributed by atoms with Crippen molar-refractivity contribution >= 4 is 15.7 Å². The Morgan fingerprint density at radius 1 is 1.20 bits per heavy atom. The minimum Gasteiger partial charge on any atom is -0.490 e. The smallest absolute Gasteiger partial charge is 0.312 e. The highest BCUT2D eigenvalue weighted by Crippen LogP contribution is 2.36. The SMILES string of the molecule is COc1ccc(S(=O)(=O)N(Cc2ccccc2)C2CC2)cc1[N+](=O)[O-]. The Morgan fingerprint density at radius 2 is 1.88 bits per heavy atom. The number of rotatable bonds is 7. The predicted molar refractivity (Wildman–Crippen MR) is 91.8 cm³/mol. The molecule has 0 atom stereocenters. The molecule has 2 aromatic rings. The molecule has 0 spiro atoms. The fourth-order valence-corrected chi connectivity index (χ4v) is 4.34. The molecule has 8 heteroatoms. The average molecular weight is 362 g/mol. The van der Waals surface area contributed by atoms with Crippen molar-refractivity contribution in [3.05, 3.63) is 64.2 Å². The third-order valence-electron chi connectivity index (χ3n) is 4.09. The van der Waals surface area contributed by atoms with Crippen molar-refractivity contribution in [3.8, 4) is 5.75 Å². The average Bonchev–Trinajstić information content (AvgIpc) is 3.44. The van der Waals surface area contributed by atoms with Crippen molar-refractivity contribution in [3.63, 3.8) is 0 Å². The van der Waals surface area contributed by atoms with Crippen molar-refractivity contribution in [1.29, 1.82) is 0 Å². The first-order valence-corrected chi connectivity index (χ1v) is 9.25. The Hall–Kier alpha value is -2.45. The molecular formula is C17H18N2O5S. The standard InChI is InChI=1S/C17H18N2O5S/c1-24-17-10-9-15(11-16(17)19(20)21)25(22,23)18(14-7-8-14)12-13-5-3-2-4-6-13/h2-6,9-11,14H,7-8,12H2,1H3. The van der Waals surface area contributed by atoms with Gasteiger partial charge in [0.25, 0.3) is 0 Å². The first kappa shape index (κ1) is 17.4. The van der Waals surface area contributed by atoms with E-state index in [0.29, 0.717) is 0 Å². The lowest BCUT2D eigenvalue weighted by Gasteiger charge is -2.22. The molecule has 0 heterocycles. The molecule has 132 valence electrons. The molecule has 3 rings (SSSR count). The van der Waals surface area contributed by atoms with Gasteiger partial charge in [0.1, 0.15) is 0 Å². The van der Waals surface area contributed by atoms with Gasteiger partial charge in [0.05, 0.1) is 16.9 Å². The first-order chi connectivity index (χ1) is 11.9. The summed E-state index contributed by atoms with van der Waals surface area (Å²) < 4.78 is 32.5. The number of nitrogens with zero attached hydrogens (tertiary/aromatic N) is 2. The monoisotopic (exact) mass is 362 g/mol. The zero-order chi connectivity index (χ0) is 18.0. The number of hydrogen-bond acceptors (Lipinski definition) is 5. The highest BCUT2D eigenvalue weighted by Gasteiger charge is 2.38. The molecule has 0 aliphatic heterocycles. The first-order valence-electron chi connectivity index (χ1n) is 7.81. The maximum absolute atomic E-state index is 13.1. The fourth-order valence-electron chi connectivity index (χ4n) is 2.64. The summed E-state index contributed by atoms with van der Waals surface area (Å²) in [5.74, 6) is 0.0324. The molecule has 0 saturated heterocycles. The predicted octanol–water partition coefficient (Wildman–Crippen LogP) is 2.96. The molecule has 0 bridgehead atoms. The largest absolute Gasteiger partial charge is 0.490 e. The van der Waals surface area contributed by atoms with E-state index in [1.807, 2.05) is 30.3 Å². The summed E-state index contributed by atoms with van der Waals surface area (Å²) in [5.41, 5.74) is 0.514. The van der Waals surface area contributed by atoms with Crippen molar-refractivity contribution in [2.45, 2.75) is 30.3 Å². The molecular weight excluding hydrogens is 344 g/mol. The summed E-state index contributed by atoms with van der Waals surface area (Å²) in [4.78, 5) is 10.4. The van der Waals surface area contributed by atoms with Crippen molar-refractivity contribution in [2.24, 2.45) is 0 Å². The van der Waals surface area contributed by atoms with Crippen LogP contribution in [0.25, 0.3) is 0 Å². The van der Waals surface area contributed by atoms with E-state index in [4.69, 9.17) is 4.74 Å². The molecule has 1 aliphatic rings. The molecule has 2 aromatic carbocycles. The number of hydrogen-bond donors (Lipinski definition) is 0. The van der Waals surface area contributed by atoms with Gasteiger partial charge in [-0.3, -0.25) is 10.1 Å². The van der Waals surface area contributed by atoms with E-state index in [2.05, 4.69) is 0 Å². The molecule has 0 unspecified atom stereocenters. The van der Waals surface area contributed by atoms with Gasteiger partial charge < -0.3 is 4.74 Å². The Balaban J connectivity index is 1.98. The van der Waals surface area contributed by atoms with Crippen LogP contribution in [0, 0.1) is 10.1 Å². The minimum absolute atomic E-state index is 0.0324. The Morgan fingerprint density at radius 3 is 2.44 bits per heavy atom. The number of methoxy groups -OCH3 is 1. The van der Waals surface area contributed by atoms with E-state index < -0.39 is 14.9 Å². The van der Waals surface area contributed by atoms with Crippen LogP contribution < -0.4 is 4.74 Å². The summed E-state index contributed by atoms with van der Waals surface area (Å²) in [6.45, 7) is 0.244. The van der Waals surface area contributed by atoms with Gasteiger partial charge in [0.2, 0.25) is 10.0 Å². The van der Waals surface area contributed by atoms with Crippen LogP contribution >= 0.6 is 0 Å². The maximum atomic E-state index is 13.1. The van der Waals surface area contributed by atoms with Crippen LogP contribution in [0.5, 0.6) is 5.75 Å². The van der Waals surface area contributed by atoms with Crippen LogP contribution in [-0.4, -0.2) is 30.8 Å². The normalized spacial score (nSPS) is 14.5. The van der Waals surface area contributed by atoms with Gasteiger partial charge in [-0.2, -0.15) is 4.31 Å². The van der Waals surface area contributed by atoms with Gasteiger partial charge in [-0.25, -0.2) is 8.42 Å². The zero-order valence-corrected chi connectivity index (χ0v) is 14.5. The van der Waals surface area contributed by atoms with Crippen LogP contribution in [0.2, 0.25) is 0 Å². The van der Waals surface area contributed by atoms with Gasteiger partial charge in [-0.05, 0) is 30.5 Å². The topological polar surface area (TPSA) is 89.8 Å². The molecule has 1 fully saturated rings. The summed E-state index contributed by atoms with van der Waals surface area (Å²) in [6.07, 6.45) is 1.59. The molecule has 0 aromatic heterocycles. The molecule has 0 amide bonds. The summed E-state index contributed by atoms with van der Waals surface area (Å²) >= 11 is 0. The second kappa shape index (κ2) is 6.81. The maximum Gasteiger partial charge on any atom is 0.312 e. The minimum atomic E-state index is -3.84. The number of nitro benzene ring substituents is 1. The number of benzene rings is 2. The summed E-state index contributed by atoms with van der Waals surface area (Å²) in [6, 6.07) is 13.0. The van der Waals surface area contributed by atoms with Crippen LogP contribution in [-0.2, 0) is 16.6 Å². The van der Waals surface area contributed by atoms with Crippen LogP contribution in [0.4, 0.5) is 5.69 Å². The molecule has 0 N–H and O–H groups in total. The van der Waals surface area contributed by atoms with Gasteiger partial charge >= 0.3 is 5.69 Å². The highest BCUT2D eigenvalue weighted by molar-refractivity contribution is 7.89. The second-order valence-corrected chi connectivity index (χ2v) is 7.75. The van der Waals surface area contributed by atoms with Gasteiger partial charge in [0.15, 0.2) is 5.75 Å². The molecule has 1 saturated carbocycles. The van der Waals surface area contributed by atoms with E-state index in [1.165, 1.54) is 23.5 Å². The number of ether oxygens (including phenoxy) is 1. The Kier molecular flexibility index (Phi) is 4.73. The lowest BCUT2D eigenvalue weighted by Crippen LogP contribution is -2.32. The second-order valence-electron chi connectivity index (χ2n) is 5.86. The molecule has 0 radical (unpaired) electrons. The number of nitro groups is 1. The summed E-state index contributed by atoms with van der Waals surface area (Å²) in [7, 11) is -2.54. The summed E-state index contributed by atoms with van der Waals surface area (Å²) in [5, 5.41) is 11.2. The van der Waals surface area contributed by atoms with E-state index in [-0.39, 0.29) is 28.9 Å². The van der Waals surface area contributed by atoms with Crippen molar-refractivity contribution in [2.75, 3.05) is 7.11 Å². The lowest BCUT2D eigenvalue weighted by molar-refractivity contribution is -0.386. The highest BCUT2D eigenvalue weighted by atomic mass is 32.2. The fraction of sp³-hybridized carbons (Fsp3) is 0.294. The van der Waals surface area contributed by atoms with Crippen molar-refractivity contribution in [1.82, 2.24) is 4.31 Å². The van der Waals surface area contributed by atoms with Crippen LogP contribution in [0.1, 0.15) is 18.4 Å². The van der Waals surface area contributed by atoms with E-state index in [1.54, 1.807) is 0 Å². The van der Waals surface area contributed by atoms with E-state index in [9.17, 15) is 18.5 Å². The Bertz CT molecular complexity index is 879. The Labute approximate surface area is 146 Å². The quantitative estimate of drug-likeness (QED) is 0.558. The molecule has 7 nitrogen and oxygen atoms in total. The third-order valence-corrected chi connectivity index (χ3v) is 5.98. The van der Waals surface area contributed by atoms with E-state index >= 15 is 0 Å². The van der Waals surface area contributed by atoms with E-state index in [0.717, 1.165) is 24.5 Å². The lowest BCUT2D eigenvalue weighted by atomic mass is 10.2. The van der Waals surface area contributed by atoms with Gasteiger partial charge in [-0.1, -0.05) is 30.3 Å². The zero-order valence-electron chi connectivity index (χ0n) is 13.7. The van der Waals surface area contributed by atoms with Crippen LogP contribution in [0.15, 0.2) is 53.4 Å². The third kappa shape index (κ3) is 3.64. The molecule has 25 heavy (non-hydrogen) atoms. The van der Waals surface area contributed by atoms with Gasteiger partial charge in [0, 0.05) is 18.7 Å².